The minimum Gasteiger partial charge on any atom is -0.335 e. The van der Waals surface area contributed by atoms with Gasteiger partial charge in [0.05, 0.1) is 8.66 Å². The van der Waals surface area contributed by atoms with Gasteiger partial charge in [-0.15, -0.1) is 11.3 Å². The van der Waals surface area contributed by atoms with E-state index in [4.69, 9.17) is 0 Å². The standard InChI is InChI=1S/C13H18BrNOS/c1-3-4-7-15(10-5-6-10)13(16)11-8-9(2)12(14)17-11/h8,10H,3-7H2,1-2H3. The highest BCUT2D eigenvalue weighted by Gasteiger charge is 2.33. The van der Waals surface area contributed by atoms with Gasteiger partial charge in [-0.1, -0.05) is 13.3 Å². The predicted octanol–water partition coefficient (Wildman–Crippen LogP) is 4.22. The van der Waals surface area contributed by atoms with E-state index < -0.39 is 0 Å². The van der Waals surface area contributed by atoms with E-state index >= 15 is 0 Å². The highest BCUT2D eigenvalue weighted by molar-refractivity contribution is 9.11. The quantitative estimate of drug-likeness (QED) is 0.796. The molecule has 94 valence electrons. The Morgan fingerprint density at radius 2 is 2.29 bits per heavy atom. The van der Waals surface area contributed by atoms with Gasteiger partial charge in [-0.05, 0) is 53.7 Å². The fourth-order valence-corrected chi connectivity index (χ4v) is 3.36. The highest BCUT2D eigenvalue weighted by Crippen LogP contribution is 2.32. The van der Waals surface area contributed by atoms with Crippen LogP contribution in [0.15, 0.2) is 9.85 Å². The molecule has 0 N–H and O–H groups in total. The molecule has 0 radical (unpaired) electrons. The SMILES string of the molecule is CCCCN(C(=O)c1cc(C)c(Br)s1)C1CC1. The van der Waals surface area contributed by atoms with Crippen LogP contribution >= 0.6 is 27.3 Å². The maximum Gasteiger partial charge on any atom is 0.264 e. The summed E-state index contributed by atoms with van der Waals surface area (Å²) >= 11 is 5.04. The van der Waals surface area contributed by atoms with Crippen LogP contribution in [0.3, 0.4) is 0 Å². The van der Waals surface area contributed by atoms with Crippen molar-refractivity contribution in [1.82, 2.24) is 4.90 Å². The van der Waals surface area contributed by atoms with E-state index in [1.165, 1.54) is 12.8 Å². The van der Waals surface area contributed by atoms with E-state index in [0.717, 1.165) is 33.6 Å². The van der Waals surface area contributed by atoms with Gasteiger partial charge in [-0.3, -0.25) is 4.79 Å². The minimum atomic E-state index is 0.222. The van der Waals surface area contributed by atoms with Crippen molar-refractivity contribution in [1.29, 1.82) is 0 Å². The monoisotopic (exact) mass is 315 g/mol. The molecule has 0 aromatic carbocycles. The third-order valence-electron chi connectivity index (χ3n) is 3.07. The highest BCUT2D eigenvalue weighted by atomic mass is 79.9. The molecule has 17 heavy (non-hydrogen) atoms. The smallest absolute Gasteiger partial charge is 0.264 e. The lowest BCUT2D eigenvalue weighted by molar-refractivity contribution is 0.0745. The van der Waals surface area contributed by atoms with Crippen LogP contribution in [0.25, 0.3) is 0 Å². The number of carbonyl (C=O) groups is 1. The first-order valence-corrected chi connectivity index (χ1v) is 7.81. The minimum absolute atomic E-state index is 0.222. The van der Waals surface area contributed by atoms with Gasteiger partial charge in [0, 0.05) is 12.6 Å². The molecule has 1 amide bonds. The van der Waals surface area contributed by atoms with Crippen molar-refractivity contribution < 1.29 is 4.79 Å². The van der Waals surface area contributed by atoms with Crippen molar-refractivity contribution in [2.24, 2.45) is 0 Å². The van der Waals surface area contributed by atoms with E-state index in [2.05, 4.69) is 27.8 Å². The van der Waals surface area contributed by atoms with E-state index in [-0.39, 0.29) is 5.91 Å². The topological polar surface area (TPSA) is 20.3 Å². The maximum atomic E-state index is 12.4. The van der Waals surface area contributed by atoms with Crippen molar-refractivity contribution in [2.45, 2.75) is 45.6 Å². The van der Waals surface area contributed by atoms with Gasteiger partial charge in [0.15, 0.2) is 0 Å². The normalized spacial score (nSPS) is 15.0. The average molecular weight is 316 g/mol. The Labute approximate surface area is 115 Å². The van der Waals surface area contributed by atoms with Crippen LogP contribution in [-0.4, -0.2) is 23.4 Å². The second kappa shape index (κ2) is 5.53. The second-order valence-electron chi connectivity index (χ2n) is 4.65. The Hall–Kier alpha value is -0.350. The van der Waals surface area contributed by atoms with Crippen LogP contribution in [0.5, 0.6) is 0 Å². The molecule has 0 aliphatic heterocycles. The fourth-order valence-electron chi connectivity index (χ4n) is 1.87. The summed E-state index contributed by atoms with van der Waals surface area (Å²) in [5.74, 6) is 0.222. The molecule has 0 spiro atoms. The number of halogens is 1. The molecule has 1 fully saturated rings. The van der Waals surface area contributed by atoms with Gasteiger partial charge in [0.25, 0.3) is 5.91 Å². The summed E-state index contributed by atoms with van der Waals surface area (Å²) in [6, 6.07) is 2.51. The zero-order chi connectivity index (χ0) is 12.4. The third kappa shape index (κ3) is 3.10. The van der Waals surface area contributed by atoms with Crippen LogP contribution in [0, 0.1) is 6.92 Å². The van der Waals surface area contributed by atoms with Gasteiger partial charge >= 0.3 is 0 Å². The lowest BCUT2D eigenvalue weighted by Crippen LogP contribution is -2.33. The Morgan fingerprint density at radius 3 is 2.76 bits per heavy atom. The van der Waals surface area contributed by atoms with Gasteiger partial charge < -0.3 is 4.90 Å². The summed E-state index contributed by atoms with van der Waals surface area (Å²) in [5, 5.41) is 0. The Kier molecular flexibility index (Phi) is 4.26. The van der Waals surface area contributed by atoms with Gasteiger partial charge in [-0.2, -0.15) is 0 Å². The van der Waals surface area contributed by atoms with Crippen molar-refractivity contribution >= 4 is 33.2 Å². The number of hydrogen-bond acceptors (Lipinski definition) is 2. The number of hydrogen-bond donors (Lipinski definition) is 0. The molecule has 1 aromatic rings. The van der Waals surface area contributed by atoms with Gasteiger partial charge in [0.2, 0.25) is 0 Å². The lowest BCUT2D eigenvalue weighted by Gasteiger charge is -2.21. The van der Waals surface area contributed by atoms with E-state index in [9.17, 15) is 4.79 Å². The molecule has 1 aliphatic rings. The summed E-state index contributed by atoms with van der Waals surface area (Å²) in [6.07, 6.45) is 4.61. The van der Waals surface area contributed by atoms with Gasteiger partial charge in [0.1, 0.15) is 0 Å². The van der Waals surface area contributed by atoms with Crippen molar-refractivity contribution in [3.05, 3.63) is 20.3 Å². The molecule has 0 bridgehead atoms. The summed E-state index contributed by atoms with van der Waals surface area (Å²) in [5.41, 5.74) is 1.16. The molecule has 2 nitrogen and oxygen atoms in total. The zero-order valence-electron chi connectivity index (χ0n) is 10.3. The number of amides is 1. The lowest BCUT2D eigenvalue weighted by atomic mass is 10.2. The molecule has 0 unspecified atom stereocenters. The summed E-state index contributed by atoms with van der Waals surface area (Å²) in [6.45, 7) is 5.11. The molecule has 1 aromatic heterocycles. The molecular weight excluding hydrogens is 298 g/mol. The van der Waals surface area contributed by atoms with Crippen LogP contribution in [0.1, 0.15) is 47.8 Å². The van der Waals surface area contributed by atoms with Crippen LogP contribution in [0.4, 0.5) is 0 Å². The van der Waals surface area contributed by atoms with Crippen LogP contribution in [0.2, 0.25) is 0 Å². The number of thiophene rings is 1. The summed E-state index contributed by atoms with van der Waals surface area (Å²) in [4.78, 5) is 15.4. The Balaban J connectivity index is 2.09. The predicted molar refractivity (Wildman–Crippen MR) is 75.7 cm³/mol. The van der Waals surface area contributed by atoms with E-state index in [0.29, 0.717) is 6.04 Å². The molecule has 2 rings (SSSR count). The third-order valence-corrected chi connectivity index (χ3v) is 5.19. The number of rotatable bonds is 5. The van der Waals surface area contributed by atoms with Crippen LogP contribution in [-0.2, 0) is 0 Å². The van der Waals surface area contributed by atoms with Crippen molar-refractivity contribution in [2.75, 3.05) is 6.54 Å². The first kappa shape index (κ1) is 13.1. The Morgan fingerprint density at radius 1 is 1.59 bits per heavy atom. The van der Waals surface area contributed by atoms with Crippen LogP contribution < -0.4 is 0 Å². The molecule has 1 aliphatic carbocycles. The molecule has 1 heterocycles. The number of aryl methyl sites for hydroxylation is 1. The zero-order valence-corrected chi connectivity index (χ0v) is 12.7. The Bertz CT molecular complexity index is 392. The molecule has 4 heteroatoms. The van der Waals surface area contributed by atoms with E-state index in [1.54, 1.807) is 11.3 Å². The van der Waals surface area contributed by atoms with Crippen molar-refractivity contribution in [3.63, 3.8) is 0 Å². The second-order valence-corrected chi connectivity index (χ2v) is 7.02. The molecular formula is C13H18BrNOS. The fraction of sp³-hybridized carbons (Fsp3) is 0.615. The van der Waals surface area contributed by atoms with E-state index in [1.807, 2.05) is 13.0 Å². The maximum absolute atomic E-state index is 12.4. The van der Waals surface area contributed by atoms with Crippen molar-refractivity contribution in [3.8, 4) is 0 Å². The summed E-state index contributed by atoms with van der Waals surface area (Å²) in [7, 11) is 0. The largest absolute Gasteiger partial charge is 0.335 e. The first-order valence-electron chi connectivity index (χ1n) is 6.20. The first-order chi connectivity index (χ1) is 8.13. The average Bonchev–Trinajstić information content (AvgIpc) is 3.07. The van der Waals surface area contributed by atoms with Gasteiger partial charge in [-0.25, -0.2) is 0 Å². The molecule has 0 saturated heterocycles. The number of nitrogens with zero attached hydrogens (tertiary/aromatic N) is 1. The number of unbranched alkanes of at least 4 members (excludes halogenated alkanes) is 1. The molecule has 0 atom stereocenters. The molecule has 1 saturated carbocycles. The number of carbonyl (C=O) groups excluding carboxylic acids is 1. The summed E-state index contributed by atoms with van der Waals surface area (Å²) < 4.78 is 1.08.